The molecule has 12 heteroatoms. The molecule has 0 saturated carbocycles. The van der Waals surface area contributed by atoms with Gasteiger partial charge in [-0.2, -0.15) is 10.4 Å². The van der Waals surface area contributed by atoms with Crippen LogP contribution in [0, 0.1) is 48.9 Å². The topological polar surface area (TPSA) is 132 Å². The zero-order valence-electron chi connectivity index (χ0n) is 32.9. The van der Waals surface area contributed by atoms with Crippen molar-refractivity contribution in [3.63, 3.8) is 0 Å². The lowest BCUT2D eigenvalue weighted by atomic mass is 9.92. The smallest absolute Gasteiger partial charge is 0.256 e. The van der Waals surface area contributed by atoms with E-state index < -0.39 is 11.9 Å². The summed E-state index contributed by atoms with van der Waals surface area (Å²) in [5.74, 6) is 6.75. The van der Waals surface area contributed by atoms with Crippen LogP contribution in [0.3, 0.4) is 0 Å². The van der Waals surface area contributed by atoms with Crippen LogP contribution in [0.5, 0.6) is 0 Å². The highest BCUT2D eigenvalue weighted by molar-refractivity contribution is 6.32. The van der Waals surface area contributed by atoms with Gasteiger partial charge in [-0.25, -0.2) is 0 Å². The molecule has 1 aromatic heterocycles. The maximum Gasteiger partial charge on any atom is 0.256 e. The minimum Gasteiger partial charge on any atom is -0.339 e. The number of likely N-dealkylation sites (tertiary alicyclic amines) is 2. The van der Waals surface area contributed by atoms with Crippen molar-refractivity contribution < 1.29 is 19.2 Å². The van der Waals surface area contributed by atoms with Crippen molar-refractivity contribution in [1.82, 2.24) is 29.8 Å². The molecule has 8 rings (SSSR count). The Morgan fingerprint density at radius 2 is 1.69 bits per heavy atom. The zero-order chi connectivity index (χ0) is 40.5. The van der Waals surface area contributed by atoms with Gasteiger partial charge in [-0.15, -0.1) is 0 Å². The van der Waals surface area contributed by atoms with Crippen molar-refractivity contribution in [2.45, 2.75) is 71.5 Å². The number of nitrogens with zero attached hydrogens (tertiary/aromatic N) is 6. The lowest BCUT2D eigenvalue weighted by molar-refractivity contribution is -0.136. The normalized spacial score (nSPS) is 19.1. The summed E-state index contributed by atoms with van der Waals surface area (Å²) in [5.41, 5.74) is 8.15. The van der Waals surface area contributed by atoms with Crippen molar-refractivity contribution in [3.05, 3.63) is 110 Å². The Bertz CT molecular complexity index is 2390. The molecule has 58 heavy (non-hydrogen) atoms. The minimum atomic E-state index is -0.637. The first-order valence-electron chi connectivity index (χ1n) is 20.2. The van der Waals surface area contributed by atoms with Crippen molar-refractivity contribution >= 4 is 35.2 Å². The number of nitriles is 1. The fraction of sp³-hybridized carbons (Fsp3) is 0.391. The van der Waals surface area contributed by atoms with Gasteiger partial charge in [0.05, 0.1) is 28.4 Å². The van der Waals surface area contributed by atoms with Gasteiger partial charge in [-0.1, -0.05) is 53.8 Å². The van der Waals surface area contributed by atoms with Gasteiger partial charge >= 0.3 is 0 Å². The monoisotopic (exact) mass is 795 g/mol. The van der Waals surface area contributed by atoms with Crippen LogP contribution in [0.4, 0.5) is 0 Å². The number of rotatable bonds is 7. The molecule has 3 fully saturated rings. The van der Waals surface area contributed by atoms with E-state index >= 15 is 0 Å². The van der Waals surface area contributed by atoms with E-state index in [1.54, 1.807) is 17.0 Å². The summed E-state index contributed by atoms with van der Waals surface area (Å²) >= 11 is 6.30. The third kappa shape index (κ3) is 8.02. The molecule has 0 radical (unpaired) electrons. The van der Waals surface area contributed by atoms with Gasteiger partial charge in [0.15, 0.2) is 0 Å². The highest BCUT2D eigenvalue weighted by atomic mass is 35.5. The first-order valence-corrected chi connectivity index (χ1v) is 20.6. The van der Waals surface area contributed by atoms with E-state index in [1.165, 1.54) is 0 Å². The molecule has 296 valence electrons. The molecule has 3 saturated heterocycles. The third-order valence-electron chi connectivity index (χ3n) is 12.4. The van der Waals surface area contributed by atoms with Crippen molar-refractivity contribution in [2.24, 2.45) is 11.8 Å². The maximum absolute atomic E-state index is 13.5. The molecule has 4 aliphatic rings. The number of hydrogen-bond acceptors (Lipinski definition) is 7. The second kappa shape index (κ2) is 16.6. The molecule has 1 atom stereocenters. The molecule has 4 amide bonds. The summed E-state index contributed by atoms with van der Waals surface area (Å²) in [4.78, 5) is 57.2. The number of amides is 4. The molecule has 0 aliphatic carbocycles. The molecule has 0 spiro atoms. The van der Waals surface area contributed by atoms with Crippen LogP contribution in [-0.2, 0) is 22.7 Å². The van der Waals surface area contributed by atoms with Gasteiger partial charge in [-0.3, -0.25) is 29.2 Å². The van der Waals surface area contributed by atoms with Gasteiger partial charge in [-0.05, 0) is 112 Å². The predicted molar refractivity (Wildman–Crippen MR) is 220 cm³/mol. The summed E-state index contributed by atoms with van der Waals surface area (Å²) in [5, 5.41) is 16.9. The van der Waals surface area contributed by atoms with Crippen LogP contribution in [-0.4, -0.2) is 86.9 Å². The third-order valence-corrected chi connectivity index (χ3v) is 12.7. The average molecular weight is 796 g/mol. The number of aromatic nitrogens is 2. The van der Waals surface area contributed by atoms with E-state index in [-0.39, 0.29) is 30.1 Å². The first kappa shape index (κ1) is 39.1. The molecule has 1 unspecified atom stereocenters. The number of carbonyl (C=O) groups excluding carboxylic acids is 4. The second-order valence-electron chi connectivity index (χ2n) is 16.0. The first-order chi connectivity index (χ1) is 28.1. The quantitative estimate of drug-likeness (QED) is 0.176. The Morgan fingerprint density at radius 3 is 2.40 bits per heavy atom. The maximum atomic E-state index is 13.5. The van der Waals surface area contributed by atoms with Crippen LogP contribution in [0.2, 0.25) is 5.02 Å². The van der Waals surface area contributed by atoms with Crippen molar-refractivity contribution in [3.8, 4) is 29.2 Å². The number of hydrogen-bond donors (Lipinski definition) is 1. The Morgan fingerprint density at radius 1 is 0.931 bits per heavy atom. The molecule has 0 bridgehead atoms. The summed E-state index contributed by atoms with van der Waals surface area (Å²) < 4.78 is 1.97. The minimum absolute atomic E-state index is 0.0740. The van der Waals surface area contributed by atoms with Gasteiger partial charge in [0.1, 0.15) is 12.1 Å². The number of imide groups is 1. The molecule has 1 N–H and O–H groups in total. The number of piperidine rings is 3. The van der Waals surface area contributed by atoms with Gasteiger partial charge in [0.25, 0.3) is 11.8 Å². The number of fused-ring (bicyclic) bond motifs is 1. The van der Waals surface area contributed by atoms with E-state index in [2.05, 4.69) is 28.1 Å². The summed E-state index contributed by atoms with van der Waals surface area (Å²) in [7, 11) is 0. The highest BCUT2D eigenvalue weighted by Crippen LogP contribution is 2.31. The number of nitrogens with one attached hydrogen (secondary N) is 1. The van der Waals surface area contributed by atoms with E-state index in [4.69, 9.17) is 16.7 Å². The van der Waals surface area contributed by atoms with Crippen LogP contribution < -0.4 is 5.32 Å². The van der Waals surface area contributed by atoms with Gasteiger partial charge in [0, 0.05) is 60.9 Å². The van der Waals surface area contributed by atoms with Gasteiger partial charge in [0.2, 0.25) is 11.8 Å². The average Bonchev–Trinajstić information content (AvgIpc) is 3.72. The lowest BCUT2D eigenvalue weighted by Crippen LogP contribution is -2.52. The standard InChI is InChI=1S/C46H46ClN7O4/c1-29-30(2)54(50-43(29)36-12-13-37(25-48)39(47)24-36)27-32-7-10-35(11-8-32)45(57)52-22-18-33(19-23-52)26-51-20-16-31(17-21-51)6-9-34-4-3-5-38-28-53(46(58)42(34)38)40-14-15-41(55)49-44(40)56/h3-5,7-8,10-13,24,31,33,40H,14-23,26-28H2,1-2H3,(H,49,55,56). The fourth-order valence-corrected chi connectivity index (χ4v) is 8.99. The summed E-state index contributed by atoms with van der Waals surface area (Å²) in [6.45, 7) is 9.48. The zero-order valence-corrected chi connectivity index (χ0v) is 33.6. The Hall–Kier alpha value is -5.75. The molecule has 5 heterocycles. The van der Waals surface area contributed by atoms with Gasteiger partial charge < -0.3 is 14.7 Å². The molecule has 3 aromatic carbocycles. The number of halogens is 1. The largest absolute Gasteiger partial charge is 0.339 e. The van der Waals surface area contributed by atoms with E-state index in [0.717, 1.165) is 92.0 Å². The molecular formula is C46H46ClN7O4. The van der Waals surface area contributed by atoms with Crippen LogP contribution in [0.15, 0.2) is 60.7 Å². The second-order valence-corrected chi connectivity index (χ2v) is 16.4. The Balaban J connectivity index is 0.795. The Kier molecular flexibility index (Phi) is 11.2. The van der Waals surface area contributed by atoms with Crippen molar-refractivity contribution in [1.29, 1.82) is 5.26 Å². The highest BCUT2D eigenvalue weighted by Gasteiger charge is 2.40. The SMILES string of the molecule is Cc1c(-c2ccc(C#N)c(Cl)c2)nn(Cc2ccc(C(=O)N3CCC(CN4CCC(C#Cc5cccc6c5C(=O)N(C5CCC(=O)NC5=O)C6)CC4)CC3)cc2)c1C. The lowest BCUT2D eigenvalue weighted by Gasteiger charge is -2.37. The predicted octanol–water partition coefficient (Wildman–Crippen LogP) is 6.12. The fourth-order valence-electron chi connectivity index (χ4n) is 8.77. The number of carbonyl (C=O) groups is 4. The van der Waals surface area contributed by atoms with Crippen molar-refractivity contribution in [2.75, 3.05) is 32.7 Å². The van der Waals surface area contributed by atoms with Crippen LogP contribution in [0.1, 0.15) is 92.8 Å². The molecular weight excluding hydrogens is 750 g/mol. The molecule has 11 nitrogen and oxygen atoms in total. The number of benzene rings is 3. The Labute approximate surface area is 343 Å². The summed E-state index contributed by atoms with van der Waals surface area (Å²) in [6.07, 6.45) is 4.48. The van der Waals surface area contributed by atoms with E-state index in [0.29, 0.717) is 52.7 Å². The van der Waals surface area contributed by atoms with Crippen LogP contribution >= 0.6 is 11.6 Å². The summed E-state index contributed by atoms with van der Waals surface area (Å²) in [6, 6.07) is 20.4. The van der Waals surface area contributed by atoms with Crippen LogP contribution in [0.25, 0.3) is 11.3 Å². The van der Waals surface area contributed by atoms with E-state index in [9.17, 15) is 24.4 Å². The molecule has 4 aliphatic heterocycles. The van der Waals surface area contributed by atoms with E-state index in [1.807, 2.05) is 72.0 Å². The molecule has 4 aromatic rings.